The molecule has 1 heterocycles. The predicted molar refractivity (Wildman–Crippen MR) is 96.3 cm³/mol. The number of benzene rings is 1. The minimum Gasteiger partial charge on any atom is -0.334 e. The maximum absolute atomic E-state index is 12.7. The van der Waals surface area contributed by atoms with Crippen molar-refractivity contribution in [1.29, 1.82) is 0 Å². The zero-order chi connectivity index (χ0) is 14.7. The van der Waals surface area contributed by atoms with Crippen molar-refractivity contribution < 1.29 is 4.79 Å². The highest BCUT2D eigenvalue weighted by Crippen LogP contribution is 2.25. The Labute approximate surface area is 145 Å². The third kappa shape index (κ3) is 3.62. The maximum Gasteiger partial charge on any atom is 0.255 e. The van der Waals surface area contributed by atoms with E-state index in [1.54, 1.807) is 11.3 Å². The zero-order valence-corrected chi connectivity index (χ0v) is 15.9. The third-order valence-electron chi connectivity index (χ3n) is 3.07. The molecule has 2 aromatic rings. The van der Waals surface area contributed by atoms with Gasteiger partial charge >= 0.3 is 0 Å². The number of carbonyl (C=O) groups is 1. The molecule has 1 aromatic carbocycles. The standard InChI is InChI=1S/C15H15BrINOS/c1-3-18(9-11-7-8-13(16)20-11)15(19)12-6-4-5-10(2)14(12)17/h4-8H,3,9H2,1-2H3. The molecule has 0 aliphatic rings. The van der Waals surface area contributed by atoms with Crippen LogP contribution in [0.25, 0.3) is 0 Å². The Morgan fingerprint density at radius 3 is 2.70 bits per heavy atom. The van der Waals surface area contributed by atoms with Gasteiger partial charge in [0.15, 0.2) is 0 Å². The molecule has 0 bridgehead atoms. The summed E-state index contributed by atoms with van der Waals surface area (Å²) in [6.07, 6.45) is 0. The number of aryl methyl sites for hydroxylation is 1. The van der Waals surface area contributed by atoms with E-state index in [-0.39, 0.29) is 5.91 Å². The summed E-state index contributed by atoms with van der Waals surface area (Å²) >= 11 is 7.39. The molecule has 0 aliphatic carbocycles. The summed E-state index contributed by atoms with van der Waals surface area (Å²) in [7, 11) is 0. The molecular weight excluding hydrogens is 449 g/mol. The lowest BCUT2D eigenvalue weighted by Gasteiger charge is -2.21. The number of amides is 1. The Balaban J connectivity index is 2.23. The average Bonchev–Trinajstić information content (AvgIpc) is 2.84. The molecule has 0 aliphatic heterocycles. The van der Waals surface area contributed by atoms with Crippen molar-refractivity contribution in [2.75, 3.05) is 6.54 Å². The van der Waals surface area contributed by atoms with Crippen LogP contribution in [0.15, 0.2) is 34.1 Å². The molecule has 1 aromatic heterocycles. The number of hydrogen-bond donors (Lipinski definition) is 0. The van der Waals surface area contributed by atoms with Crippen molar-refractivity contribution in [3.63, 3.8) is 0 Å². The number of carbonyl (C=O) groups excluding carboxylic acids is 1. The maximum atomic E-state index is 12.7. The topological polar surface area (TPSA) is 20.3 Å². The van der Waals surface area contributed by atoms with Gasteiger partial charge in [0.05, 0.1) is 15.9 Å². The molecule has 2 rings (SSSR count). The second-order valence-electron chi connectivity index (χ2n) is 4.46. The Morgan fingerprint density at radius 2 is 2.10 bits per heavy atom. The van der Waals surface area contributed by atoms with Crippen LogP contribution in [0.2, 0.25) is 0 Å². The Morgan fingerprint density at radius 1 is 1.35 bits per heavy atom. The molecule has 2 nitrogen and oxygen atoms in total. The van der Waals surface area contributed by atoms with Crippen molar-refractivity contribution in [1.82, 2.24) is 4.90 Å². The van der Waals surface area contributed by atoms with Gasteiger partial charge in [-0.05, 0) is 76.1 Å². The highest BCUT2D eigenvalue weighted by molar-refractivity contribution is 14.1. The fraction of sp³-hybridized carbons (Fsp3) is 0.267. The van der Waals surface area contributed by atoms with Crippen LogP contribution in [-0.4, -0.2) is 17.4 Å². The molecular formula is C15H15BrINOS. The summed E-state index contributed by atoms with van der Waals surface area (Å²) in [6, 6.07) is 9.97. The molecule has 0 radical (unpaired) electrons. The molecule has 20 heavy (non-hydrogen) atoms. The van der Waals surface area contributed by atoms with Crippen molar-refractivity contribution in [2.45, 2.75) is 20.4 Å². The molecule has 1 amide bonds. The van der Waals surface area contributed by atoms with Crippen LogP contribution in [0.5, 0.6) is 0 Å². The lowest BCUT2D eigenvalue weighted by atomic mass is 10.1. The van der Waals surface area contributed by atoms with Gasteiger partial charge in [-0.3, -0.25) is 4.79 Å². The third-order valence-corrected chi connectivity index (χ3v) is 6.11. The first-order chi connectivity index (χ1) is 9.52. The van der Waals surface area contributed by atoms with E-state index in [0.717, 1.165) is 18.5 Å². The number of thiophene rings is 1. The number of nitrogens with zero attached hydrogens (tertiary/aromatic N) is 1. The summed E-state index contributed by atoms with van der Waals surface area (Å²) in [5.41, 5.74) is 1.94. The van der Waals surface area contributed by atoms with Crippen molar-refractivity contribution in [3.8, 4) is 0 Å². The number of halogens is 2. The molecule has 0 saturated heterocycles. The van der Waals surface area contributed by atoms with Crippen LogP contribution in [0, 0.1) is 10.5 Å². The lowest BCUT2D eigenvalue weighted by molar-refractivity contribution is 0.0753. The molecule has 0 unspecified atom stereocenters. The summed E-state index contributed by atoms with van der Waals surface area (Å²) < 4.78 is 2.14. The molecule has 0 fully saturated rings. The fourth-order valence-electron chi connectivity index (χ4n) is 1.93. The van der Waals surface area contributed by atoms with Gasteiger partial charge in [-0.1, -0.05) is 12.1 Å². The number of rotatable bonds is 4. The minimum atomic E-state index is 0.102. The molecule has 0 saturated carbocycles. The van der Waals surface area contributed by atoms with E-state index in [2.05, 4.69) is 44.6 Å². The minimum absolute atomic E-state index is 0.102. The van der Waals surface area contributed by atoms with E-state index in [1.165, 1.54) is 4.88 Å². The first-order valence-electron chi connectivity index (χ1n) is 6.31. The summed E-state index contributed by atoms with van der Waals surface area (Å²) in [6.45, 7) is 5.42. The van der Waals surface area contributed by atoms with E-state index in [1.807, 2.05) is 43.0 Å². The highest BCUT2D eigenvalue weighted by atomic mass is 127. The predicted octanol–water partition coefficient (Wildman–Crippen LogP) is 5.09. The van der Waals surface area contributed by atoms with Gasteiger partial charge < -0.3 is 4.90 Å². The van der Waals surface area contributed by atoms with Gasteiger partial charge in [-0.15, -0.1) is 11.3 Å². The van der Waals surface area contributed by atoms with E-state index in [9.17, 15) is 4.79 Å². The van der Waals surface area contributed by atoms with Crippen molar-refractivity contribution in [3.05, 3.63) is 53.7 Å². The SMILES string of the molecule is CCN(Cc1ccc(Br)s1)C(=O)c1cccc(C)c1I. The summed E-state index contributed by atoms with van der Waals surface area (Å²) in [5.74, 6) is 0.102. The van der Waals surface area contributed by atoms with Crippen LogP contribution < -0.4 is 0 Å². The zero-order valence-electron chi connectivity index (χ0n) is 11.3. The van der Waals surface area contributed by atoms with Crippen LogP contribution in [0.1, 0.15) is 27.7 Å². The second kappa shape index (κ2) is 7.04. The van der Waals surface area contributed by atoms with Gasteiger partial charge in [0.1, 0.15) is 0 Å². The molecule has 106 valence electrons. The highest BCUT2D eigenvalue weighted by Gasteiger charge is 2.18. The van der Waals surface area contributed by atoms with E-state index in [0.29, 0.717) is 13.1 Å². The van der Waals surface area contributed by atoms with Gasteiger partial charge in [-0.2, -0.15) is 0 Å². The van der Waals surface area contributed by atoms with Crippen LogP contribution in [0.3, 0.4) is 0 Å². The first kappa shape index (κ1) is 16.0. The molecule has 0 atom stereocenters. The van der Waals surface area contributed by atoms with Crippen molar-refractivity contribution >= 4 is 55.8 Å². The Kier molecular flexibility index (Phi) is 5.63. The Bertz CT molecular complexity index is 626. The second-order valence-corrected chi connectivity index (χ2v) is 8.09. The normalized spacial score (nSPS) is 10.6. The fourth-order valence-corrected chi connectivity index (χ4v) is 4.02. The quantitative estimate of drug-likeness (QED) is 0.578. The van der Waals surface area contributed by atoms with E-state index < -0.39 is 0 Å². The van der Waals surface area contributed by atoms with E-state index >= 15 is 0 Å². The average molecular weight is 464 g/mol. The number of hydrogen-bond acceptors (Lipinski definition) is 2. The van der Waals surface area contributed by atoms with E-state index in [4.69, 9.17) is 0 Å². The largest absolute Gasteiger partial charge is 0.334 e. The monoisotopic (exact) mass is 463 g/mol. The van der Waals surface area contributed by atoms with Gasteiger partial charge in [0.2, 0.25) is 0 Å². The first-order valence-corrected chi connectivity index (χ1v) is 9.00. The molecule has 0 N–H and O–H groups in total. The van der Waals surface area contributed by atoms with Crippen LogP contribution in [-0.2, 0) is 6.54 Å². The van der Waals surface area contributed by atoms with Gasteiger partial charge in [0.25, 0.3) is 5.91 Å². The lowest BCUT2D eigenvalue weighted by Crippen LogP contribution is -2.30. The van der Waals surface area contributed by atoms with Crippen LogP contribution >= 0.6 is 49.9 Å². The Hall–Kier alpha value is -0.400. The molecule has 5 heteroatoms. The van der Waals surface area contributed by atoms with Crippen molar-refractivity contribution in [2.24, 2.45) is 0 Å². The smallest absolute Gasteiger partial charge is 0.255 e. The van der Waals surface area contributed by atoms with Gasteiger partial charge in [-0.25, -0.2) is 0 Å². The summed E-state index contributed by atoms with van der Waals surface area (Å²) in [5, 5.41) is 0. The van der Waals surface area contributed by atoms with Gasteiger partial charge in [0, 0.05) is 15.0 Å². The summed E-state index contributed by atoms with van der Waals surface area (Å²) in [4.78, 5) is 15.7. The van der Waals surface area contributed by atoms with Crippen LogP contribution in [0.4, 0.5) is 0 Å². The molecule has 0 spiro atoms.